The van der Waals surface area contributed by atoms with Gasteiger partial charge in [0, 0.05) is 55.3 Å². The molecule has 2 aliphatic carbocycles. The number of carbonyl (C=O) groups is 1. The van der Waals surface area contributed by atoms with Gasteiger partial charge in [0.05, 0.1) is 12.0 Å². The Hall–Kier alpha value is -1.85. The summed E-state index contributed by atoms with van der Waals surface area (Å²) < 4.78 is 7.92. The molecule has 1 aromatic heterocycles. The zero-order chi connectivity index (χ0) is 21.5. The van der Waals surface area contributed by atoms with Crippen LogP contribution >= 0.6 is 0 Å². The van der Waals surface area contributed by atoms with E-state index in [-0.39, 0.29) is 11.8 Å². The lowest BCUT2D eigenvalue weighted by Gasteiger charge is -2.40. The van der Waals surface area contributed by atoms with E-state index in [1.165, 1.54) is 22.0 Å². The molecule has 5 heteroatoms. The summed E-state index contributed by atoms with van der Waals surface area (Å²) in [6.45, 7) is 6.40. The first-order valence-corrected chi connectivity index (χ1v) is 12.2. The number of hydrogen-bond acceptors (Lipinski definition) is 3. The Labute approximate surface area is 185 Å². The van der Waals surface area contributed by atoms with Crippen molar-refractivity contribution < 1.29 is 9.53 Å². The number of carbonyl (C=O) groups excluding carboxylic acids is 1. The molecule has 168 valence electrons. The molecule has 1 aliphatic heterocycles. The number of nitrogens with zero attached hydrogens (tertiary/aromatic N) is 1. The van der Waals surface area contributed by atoms with Crippen LogP contribution in [0.3, 0.4) is 0 Å². The first-order valence-electron chi connectivity index (χ1n) is 12.2. The third-order valence-electron chi connectivity index (χ3n) is 7.79. The van der Waals surface area contributed by atoms with Gasteiger partial charge in [-0.05, 0) is 61.6 Å². The number of aromatic nitrogens is 1. The highest BCUT2D eigenvalue weighted by Gasteiger charge is 2.39. The summed E-state index contributed by atoms with van der Waals surface area (Å²) in [5.41, 5.74) is 4.27. The van der Waals surface area contributed by atoms with Crippen molar-refractivity contribution >= 4 is 16.8 Å². The Bertz CT molecular complexity index is 942. The van der Waals surface area contributed by atoms with Crippen molar-refractivity contribution in [2.75, 3.05) is 13.7 Å². The molecule has 5 nitrogen and oxygen atoms in total. The van der Waals surface area contributed by atoms with Crippen LogP contribution in [0.5, 0.6) is 0 Å². The number of fused-ring (bicyclic) bond motifs is 2. The first-order chi connectivity index (χ1) is 15.0. The number of ether oxygens (including phenoxy) is 1. The van der Waals surface area contributed by atoms with E-state index >= 15 is 0 Å². The summed E-state index contributed by atoms with van der Waals surface area (Å²) in [7, 11) is 1.79. The van der Waals surface area contributed by atoms with Crippen molar-refractivity contribution in [2.24, 2.45) is 11.8 Å². The maximum atomic E-state index is 13.1. The van der Waals surface area contributed by atoms with Crippen LogP contribution in [0.15, 0.2) is 24.4 Å². The molecule has 2 N–H and O–H groups in total. The topological polar surface area (TPSA) is 55.3 Å². The molecule has 3 aliphatic rings. The van der Waals surface area contributed by atoms with Gasteiger partial charge in [-0.15, -0.1) is 0 Å². The SMILES string of the molecule is COC1CCC(NC(=O)[C@H]2CN[C@@H]3Cc4cn(CC(C)C)c5cccc(c45)[C@@H]3C2)CC1. The Kier molecular flexibility index (Phi) is 5.82. The molecule has 2 heterocycles. The van der Waals surface area contributed by atoms with Crippen LogP contribution in [0, 0.1) is 11.8 Å². The number of amides is 1. The van der Waals surface area contributed by atoms with Crippen molar-refractivity contribution in [3.8, 4) is 0 Å². The maximum Gasteiger partial charge on any atom is 0.224 e. The maximum absolute atomic E-state index is 13.1. The van der Waals surface area contributed by atoms with Gasteiger partial charge in [0.2, 0.25) is 5.91 Å². The zero-order valence-corrected chi connectivity index (χ0v) is 19.2. The van der Waals surface area contributed by atoms with Gasteiger partial charge in [-0.3, -0.25) is 4.79 Å². The summed E-state index contributed by atoms with van der Waals surface area (Å²) in [6, 6.07) is 7.52. The van der Waals surface area contributed by atoms with Crippen LogP contribution in [-0.2, 0) is 22.5 Å². The quantitative estimate of drug-likeness (QED) is 0.765. The van der Waals surface area contributed by atoms with Crippen LogP contribution in [0.4, 0.5) is 0 Å². The summed E-state index contributed by atoms with van der Waals surface area (Å²) >= 11 is 0. The van der Waals surface area contributed by atoms with Gasteiger partial charge in [-0.1, -0.05) is 26.0 Å². The molecular formula is C26H37N3O2. The lowest BCUT2D eigenvalue weighted by atomic mass is 9.73. The van der Waals surface area contributed by atoms with Crippen LogP contribution in [-0.4, -0.2) is 42.3 Å². The van der Waals surface area contributed by atoms with Crippen LogP contribution in [0.2, 0.25) is 0 Å². The number of rotatable bonds is 5. The second kappa shape index (κ2) is 8.59. The fourth-order valence-electron chi connectivity index (χ4n) is 6.22. The fourth-order valence-corrected chi connectivity index (χ4v) is 6.22. The standard InChI is InChI=1S/C26H37N3O2/c1-16(2)14-29-15-18-12-23-22(21-5-4-6-24(29)25(18)21)11-17(13-27-23)26(30)28-19-7-9-20(31-3)10-8-19/h4-6,15-17,19-20,22-23,27H,7-14H2,1-3H3,(H,28,30)/t17-,19?,20?,22+,23-/m1/s1. The number of hydrogen-bond donors (Lipinski definition) is 2. The van der Waals surface area contributed by atoms with Crippen molar-refractivity contribution in [1.29, 1.82) is 0 Å². The van der Waals surface area contributed by atoms with Crippen LogP contribution in [0.1, 0.15) is 63.0 Å². The molecular weight excluding hydrogens is 386 g/mol. The Morgan fingerprint density at radius 1 is 1.26 bits per heavy atom. The number of benzene rings is 1. The van der Waals surface area contributed by atoms with E-state index < -0.39 is 0 Å². The van der Waals surface area contributed by atoms with Gasteiger partial charge in [0.1, 0.15) is 0 Å². The summed E-state index contributed by atoms with van der Waals surface area (Å²) in [6.07, 6.45) is 8.92. The molecule has 5 rings (SSSR count). The molecule has 1 amide bonds. The molecule has 0 radical (unpaired) electrons. The summed E-state index contributed by atoms with van der Waals surface area (Å²) in [4.78, 5) is 13.1. The average molecular weight is 424 g/mol. The summed E-state index contributed by atoms with van der Waals surface area (Å²) in [5.74, 6) is 1.33. The minimum absolute atomic E-state index is 0.0518. The fraction of sp³-hybridized carbons (Fsp3) is 0.654. The first kappa shape index (κ1) is 21.0. The molecule has 0 spiro atoms. The monoisotopic (exact) mass is 423 g/mol. The van der Waals surface area contributed by atoms with E-state index in [0.29, 0.717) is 30.0 Å². The number of nitrogens with one attached hydrogen (secondary N) is 2. The Morgan fingerprint density at radius 3 is 2.81 bits per heavy atom. The smallest absolute Gasteiger partial charge is 0.224 e. The molecule has 0 unspecified atom stereocenters. The zero-order valence-electron chi connectivity index (χ0n) is 19.2. The van der Waals surface area contributed by atoms with Crippen molar-refractivity contribution in [2.45, 2.75) is 83.0 Å². The predicted octanol–water partition coefficient (Wildman–Crippen LogP) is 3.99. The van der Waals surface area contributed by atoms with Gasteiger partial charge in [-0.2, -0.15) is 0 Å². The van der Waals surface area contributed by atoms with E-state index in [1.54, 1.807) is 7.11 Å². The second-order valence-corrected chi connectivity index (χ2v) is 10.4. The highest BCUT2D eigenvalue weighted by molar-refractivity contribution is 5.89. The lowest BCUT2D eigenvalue weighted by Crippen LogP contribution is -2.52. The van der Waals surface area contributed by atoms with Gasteiger partial charge < -0.3 is 19.9 Å². The van der Waals surface area contributed by atoms with Gasteiger partial charge >= 0.3 is 0 Å². The van der Waals surface area contributed by atoms with Gasteiger partial charge in [0.15, 0.2) is 0 Å². The van der Waals surface area contributed by atoms with E-state index in [9.17, 15) is 4.79 Å². The molecule has 2 aromatic rings. The number of methoxy groups -OCH3 is 1. The van der Waals surface area contributed by atoms with Crippen molar-refractivity contribution in [1.82, 2.24) is 15.2 Å². The average Bonchev–Trinajstić information content (AvgIpc) is 3.11. The third kappa shape index (κ3) is 4.03. The molecule has 3 atom stereocenters. The van der Waals surface area contributed by atoms with Gasteiger partial charge in [-0.25, -0.2) is 0 Å². The van der Waals surface area contributed by atoms with Crippen LogP contribution < -0.4 is 10.6 Å². The minimum atomic E-state index is 0.0518. The van der Waals surface area contributed by atoms with E-state index in [1.807, 2.05) is 0 Å². The molecule has 0 bridgehead atoms. The largest absolute Gasteiger partial charge is 0.381 e. The second-order valence-electron chi connectivity index (χ2n) is 10.4. The minimum Gasteiger partial charge on any atom is -0.381 e. The van der Waals surface area contributed by atoms with E-state index in [4.69, 9.17) is 4.74 Å². The molecule has 1 aromatic carbocycles. The Morgan fingerprint density at radius 2 is 2.06 bits per heavy atom. The molecule has 2 fully saturated rings. The highest BCUT2D eigenvalue weighted by Crippen LogP contribution is 2.42. The number of piperidine rings is 1. The van der Waals surface area contributed by atoms with Crippen molar-refractivity contribution in [3.63, 3.8) is 0 Å². The van der Waals surface area contributed by atoms with Crippen LogP contribution in [0.25, 0.3) is 10.9 Å². The molecule has 1 saturated heterocycles. The molecule has 31 heavy (non-hydrogen) atoms. The summed E-state index contributed by atoms with van der Waals surface area (Å²) in [5, 5.41) is 8.56. The van der Waals surface area contributed by atoms with Crippen molar-refractivity contribution in [3.05, 3.63) is 35.5 Å². The third-order valence-corrected chi connectivity index (χ3v) is 7.79. The van der Waals surface area contributed by atoms with E-state index in [0.717, 1.165) is 51.6 Å². The highest BCUT2D eigenvalue weighted by atomic mass is 16.5. The Balaban J connectivity index is 1.32. The van der Waals surface area contributed by atoms with E-state index in [2.05, 4.69) is 53.4 Å². The predicted molar refractivity (Wildman–Crippen MR) is 124 cm³/mol. The van der Waals surface area contributed by atoms with Gasteiger partial charge in [0.25, 0.3) is 0 Å². The molecule has 1 saturated carbocycles. The lowest BCUT2D eigenvalue weighted by molar-refractivity contribution is -0.127. The normalized spacial score (nSPS) is 30.4.